The van der Waals surface area contributed by atoms with E-state index in [4.69, 9.17) is 0 Å². The molecule has 4 rings (SSSR count). The zero-order valence-corrected chi connectivity index (χ0v) is 12.0. The fourth-order valence-corrected chi connectivity index (χ4v) is 2.59. The molecule has 2 N–H and O–H groups in total. The summed E-state index contributed by atoms with van der Waals surface area (Å²) in [5.41, 5.74) is 0.340. The van der Waals surface area contributed by atoms with Crippen LogP contribution in [-0.4, -0.2) is 34.5 Å². The number of pyridine rings is 1. The maximum absolute atomic E-state index is 12.7. The number of fused-ring (bicyclic) bond motifs is 1. The summed E-state index contributed by atoms with van der Waals surface area (Å²) >= 11 is 0. The highest BCUT2D eigenvalue weighted by Gasteiger charge is 2.17. The minimum Gasteiger partial charge on any atom is -0.287 e. The molecule has 0 spiro atoms. The predicted molar refractivity (Wildman–Crippen MR) is 82.0 cm³/mol. The number of nitrogens with one attached hydrogen (secondary N) is 2. The molecular weight excluding hydrogens is 298 g/mol. The molecule has 0 bridgehead atoms. The molecule has 0 radical (unpaired) electrons. The third-order valence-electron chi connectivity index (χ3n) is 3.58. The van der Waals surface area contributed by atoms with Gasteiger partial charge in [0.1, 0.15) is 5.82 Å². The lowest BCUT2D eigenvalue weighted by Crippen LogP contribution is -2.22. The van der Waals surface area contributed by atoms with E-state index in [9.17, 15) is 9.59 Å². The predicted octanol–water partition coefficient (Wildman–Crippen LogP) is 0.291. The van der Waals surface area contributed by atoms with E-state index in [2.05, 4.69) is 25.3 Å². The van der Waals surface area contributed by atoms with Gasteiger partial charge in [-0.2, -0.15) is 9.78 Å². The molecule has 0 aliphatic rings. The van der Waals surface area contributed by atoms with Crippen molar-refractivity contribution in [3.8, 4) is 11.8 Å². The van der Waals surface area contributed by atoms with Crippen molar-refractivity contribution in [1.82, 2.24) is 34.5 Å². The fourth-order valence-electron chi connectivity index (χ4n) is 2.59. The average molecular weight is 309 g/mol. The summed E-state index contributed by atoms with van der Waals surface area (Å²) in [5.74, 6) is 0.714. The fraction of sp³-hybridized carbons (Fsp3) is 0.0714. The monoisotopic (exact) mass is 309 g/mol. The van der Waals surface area contributed by atoms with Crippen LogP contribution in [0.1, 0.15) is 5.69 Å². The summed E-state index contributed by atoms with van der Waals surface area (Å²) in [5, 5.41) is 9.84. The molecule has 0 aliphatic heterocycles. The van der Waals surface area contributed by atoms with E-state index in [-0.39, 0.29) is 17.1 Å². The number of hydrogen-bond acceptors (Lipinski definition) is 5. The Labute approximate surface area is 128 Å². The molecule has 0 unspecified atom stereocenters. The van der Waals surface area contributed by atoms with Crippen molar-refractivity contribution in [3.63, 3.8) is 0 Å². The van der Waals surface area contributed by atoms with Crippen molar-refractivity contribution in [2.24, 2.45) is 0 Å². The van der Waals surface area contributed by atoms with Crippen LogP contribution in [0.25, 0.3) is 22.7 Å². The Bertz CT molecular complexity index is 1100. The third kappa shape index (κ3) is 1.90. The van der Waals surface area contributed by atoms with Gasteiger partial charge in [0.05, 0.1) is 17.1 Å². The molecule has 0 saturated carbocycles. The van der Waals surface area contributed by atoms with E-state index in [1.54, 1.807) is 25.3 Å². The molecule has 0 saturated heterocycles. The molecule has 4 heterocycles. The summed E-state index contributed by atoms with van der Waals surface area (Å²) in [6, 6.07) is 4.68. The minimum atomic E-state index is -0.322. The number of hydrogen-bond donors (Lipinski definition) is 2. The Hall–Kier alpha value is -3.49. The Morgan fingerprint density at radius 2 is 1.91 bits per heavy atom. The molecular formula is C14H11N7O2. The highest BCUT2D eigenvalue weighted by atomic mass is 16.1. The van der Waals surface area contributed by atoms with Crippen LogP contribution in [0, 0.1) is 6.92 Å². The van der Waals surface area contributed by atoms with Crippen LogP contribution < -0.4 is 11.1 Å². The van der Waals surface area contributed by atoms with E-state index in [1.165, 1.54) is 27.7 Å². The SMILES string of the molecule is Cc1c2c(=O)n(-c3ncccn3)[nH]c2cc(=O)n1-c1ccn[nH]1. The van der Waals surface area contributed by atoms with Crippen molar-refractivity contribution in [3.05, 3.63) is 63.2 Å². The molecule has 0 aliphatic carbocycles. The molecule has 9 nitrogen and oxygen atoms in total. The molecule has 4 aromatic heterocycles. The third-order valence-corrected chi connectivity index (χ3v) is 3.58. The lowest BCUT2D eigenvalue weighted by atomic mass is 10.2. The van der Waals surface area contributed by atoms with Crippen LogP contribution in [0.2, 0.25) is 0 Å². The molecule has 4 aromatic rings. The maximum Gasteiger partial charge on any atom is 0.283 e. The van der Waals surface area contributed by atoms with Crippen molar-refractivity contribution < 1.29 is 0 Å². The van der Waals surface area contributed by atoms with Gasteiger partial charge in [-0.25, -0.2) is 9.97 Å². The molecule has 23 heavy (non-hydrogen) atoms. The number of nitrogens with zero attached hydrogens (tertiary/aromatic N) is 5. The van der Waals surface area contributed by atoms with Crippen LogP contribution in [0.3, 0.4) is 0 Å². The van der Waals surface area contributed by atoms with Gasteiger partial charge in [0, 0.05) is 30.2 Å². The first-order valence-electron chi connectivity index (χ1n) is 6.81. The molecule has 0 atom stereocenters. The molecule has 114 valence electrons. The second-order valence-corrected chi connectivity index (χ2v) is 4.94. The Morgan fingerprint density at radius 3 is 2.61 bits per heavy atom. The van der Waals surface area contributed by atoms with Gasteiger partial charge in [-0.1, -0.05) is 0 Å². The lowest BCUT2D eigenvalue weighted by molar-refractivity contribution is 0.793. The van der Waals surface area contributed by atoms with Crippen molar-refractivity contribution in [2.45, 2.75) is 6.92 Å². The largest absolute Gasteiger partial charge is 0.287 e. The van der Waals surface area contributed by atoms with Gasteiger partial charge in [0.2, 0.25) is 0 Å². The van der Waals surface area contributed by atoms with Crippen LogP contribution in [0.4, 0.5) is 0 Å². The van der Waals surface area contributed by atoms with Crippen LogP contribution in [0.15, 0.2) is 46.4 Å². The number of H-pyrrole nitrogens is 2. The average Bonchev–Trinajstić information content (AvgIpc) is 3.17. The maximum atomic E-state index is 12.7. The van der Waals surface area contributed by atoms with Gasteiger partial charge < -0.3 is 0 Å². The highest BCUT2D eigenvalue weighted by Crippen LogP contribution is 2.14. The summed E-state index contributed by atoms with van der Waals surface area (Å²) in [6.07, 6.45) is 4.62. The second kappa shape index (κ2) is 4.77. The highest BCUT2D eigenvalue weighted by molar-refractivity contribution is 5.80. The van der Waals surface area contributed by atoms with Gasteiger partial charge in [0.15, 0.2) is 0 Å². The Morgan fingerprint density at radius 1 is 1.13 bits per heavy atom. The van der Waals surface area contributed by atoms with Crippen LogP contribution in [-0.2, 0) is 0 Å². The van der Waals surface area contributed by atoms with Crippen LogP contribution in [0.5, 0.6) is 0 Å². The standard InChI is InChI=1S/C14H11N7O2/c1-8-12-9(7-11(22)20(8)10-3-6-17-18-10)19-21(13(12)23)14-15-4-2-5-16-14/h2-7,19H,1H3,(H,17,18). The zero-order chi connectivity index (χ0) is 16.0. The van der Waals surface area contributed by atoms with Crippen molar-refractivity contribution in [1.29, 1.82) is 0 Å². The van der Waals surface area contributed by atoms with Crippen molar-refractivity contribution in [2.75, 3.05) is 0 Å². The minimum absolute atomic E-state index is 0.216. The molecule has 0 aromatic carbocycles. The Balaban J connectivity index is 2.07. The van der Waals surface area contributed by atoms with E-state index in [1.807, 2.05) is 0 Å². The lowest BCUT2D eigenvalue weighted by Gasteiger charge is -2.06. The van der Waals surface area contributed by atoms with E-state index in [0.717, 1.165) is 0 Å². The second-order valence-electron chi connectivity index (χ2n) is 4.94. The molecule has 0 amide bonds. The summed E-state index contributed by atoms with van der Waals surface area (Å²) in [7, 11) is 0. The first kappa shape index (κ1) is 13.2. The smallest absolute Gasteiger partial charge is 0.283 e. The number of rotatable bonds is 2. The first-order chi connectivity index (χ1) is 11.2. The van der Waals surface area contributed by atoms with E-state index < -0.39 is 0 Å². The normalized spacial score (nSPS) is 11.2. The molecule has 9 heteroatoms. The number of aryl methyl sites for hydroxylation is 1. The number of aromatic amines is 2. The summed E-state index contributed by atoms with van der Waals surface area (Å²) < 4.78 is 2.62. The van der Waals surface area contributed by atoms with Gasteiger partial charge in [-0.15, -0.1) is 0 Å². The van der Waals surface area contributed by atoms with Crippen LogP contribution >= 0.6 is 0 Å². The first-order valence-corrected chi connectivity index (χ1v) is 6.81. The van der Waals surface area contributed by atoms with Crippen molar-refractivity contribution >= 4 is 10.9 Å². The summed E-state index contributed by atoms with van der Waals surface area (Å²) in [6.45, 7) is 1.70. The van der Waals surface area contributed by atoms with Gasteiger partial charge >= 0.3 is 0 Å². The topological polar surface area (TPSA) is 114 Å². The number of aromatic nitrogens is 7. The van der Waals surface area contributed by atoms with Gasteiger partial charge in [-0.3, -0.25) is 24.4 Å². The Kier molecular flexibility index (Phi) is 2.73. The van der Waals surface area contributed by atoms with Gasteiger partial charge in [-0.05, 0) is 13.0 Å². The quantitative estimate of drug-likeness (QED) is 0.552. The summed E-state index contributed by atoms with van der Waals surface area (Å²) in [4.78, 5) is 33.2. The van der Waals surface area contributed by atoms with E-state index >= 15 is 0 Å². The van der Waals surface area contributed by atoms with Gasteiger partial charge in [0.25, 0.3) is 17.1 Å². The zero-order valence-electron chi connectivity index (χ0n) is 12.0. The van der Waals surface area contributed by atoms with E-state index in [0.29, 0.717) is 22.4 Å². The molecule has 0 fully saturated rings.